The van der Waals surface area contributed by atoms with Crippen LogP contribution in [0.4, 0.5) is 13.2 Å². The molecule has 1 fully saturated rings. The van der Waals surface area contributed by atoms with Crippen LogP contribution in [0.3, 0.4) is 0 Å². The van der Waals surface area contributed by atoms with Crippen LogP contribution < -0.4 is 9.47 Å². The van der Waals surface area contributed by atoms with E-state index >= 15 is 0 Å². The molecule has 1 aliphatic heterocycles. The first-order valence-corrected chi connectivity index (χ1v) is 10.5. The molecule has 2 rings (SSSR count). The van der Waals surface area contributed by atoms with Crippen LogP contribution >= 0.6 is 0 Å². The maximum Gasteiger partial charge on any atom is 0.390 e. The van der Waals surface area contributed by atoms with Gasteiger partial charge in [-0.05, 0) is 25.0 Å². The average Bonchev–Trinajstić information content (AvgIpc) is 2.70. The predicted octanol–water partition coefficient (Wildman–Crippen LogP) is 2.52. The van der Waals surface area contributed by atoms with Gasteiger partial charge < -0.3 is 14.4 Å². The fourth-order valence-electron chi connectivity index (χ4n) is 3.19. The highest BCUT2D eigenvalue weighted by Gasteiger charge is 2.34. The fourth-order valence-corrected chi connectivity index (χ4v) is 4.67. The number of amides is 1. The molecule has 1 aromatic carbocycles. The van der Waals surface area contributed by atoms with Gasteiger partial charge in [-0.1, -0.05) is 0 Å². The zero-order valence-electron chi connectivity index (χ0n) is 16.5. The molecule has 1 amide bonds. The Labute approximate surface area is 168 Å². The summed E-state index contributed by atoms with van der Waals surface area (Å²) in [7, 11) is 0.387. The number of benzene rings is 1. The van der Waals surface area contributed by atoms with E-state index in [2.05, 4.69) is 0 Å². The monoisotopic (exact) mass is 438 g/mol. The second-order valence-corrected chi connectivity index (χ2v) is 8.76. The largest absolute Gasteiger partial charge is 0.493 e. The molecule has 1 heterocycles. The molecule has 0 atom stereocenters. The molecule has 0 saturated carbocycles. The summed E-state index contributed by atoms with van der Waals surface area (Å²) in [4.78, 5) is 13.5. The number of piperidine rings is 1. The van der Waals surface area contributed by atoms with Crippen LogP contribution in [-0.4, -0.2) is 70.6 Å². The Morgan fingerprint density at radius 1 is 1.17 bits per heavy atom. The molecular weight excluding hydrogens is 413 g/mol. The molecule has 29 heavy (non-hydrogen) atoms. The fraction of sp³-hybridized carbons (Fsp3) is 0.611. The Balaban J connectivity index is 2.01. The lowest BCUT2D eigenvalue weighted by Gasteiger charge is -2.32. The molecule has 1 aromatic rings. The summed E-state index contributed by atoms with van der Waals surface area (Å²) in [5, 5.41) is 0. The van der Waals surface area contributed by atoms with Crippen molar-refractivity contribution in [2.24, 2.45) is 5.92 Å². The third-order valence-corrected chi connectivity index (χ3v) is 6.80. The third-order valence-electron chi connectivity index (χ3n) is 4.90. The lowest BCUT2D eigenvalue weighted by molar-refractivity contribution is -0.146. The van der Waals surface area contributed by atoms with Gasteiger partial charge in [-0.25, -0.2) is 8.42 Å². The zero-order valence-corrected chi connectivity index (χ0v) is 17.3. The summed E-state index contributed by atoms with van der Waals surface area (Å²) in [5.74, 6) is -0.204. The summed E-state index contributed by atoms with van der Waals surface area (Å²) >= 11 is 0. The summed E-state index contributed by atoms with van der Waals surface area (Å²) in [5.41, 5.74) is 0. The number of hydrogen-bond donors (Lipinski definition) is 0. The van der Waals surface area contributed by atoms with E-state index in [0.717, 1.165) is 4.90 Å². The van der Waals surface area contributed by atoms with Crippen LogP contribution in [0.5, 0.6) is 11.5 Å². The molecule has 0 radical (unpaired) electrons. The van der Waals surface area contributed by atoms with Crippen molar-refractivity contribution >= 4 is 15.9 Å². The van der Waals surface area contributed by atoms with Crippen molar-refractivity contribution in [1.82, 2.24) is 9.21 Å². The molecule has 164 valence electrons. The Hall–Kier alpha value is -2.01. The van der Waals surface area contributed by atoms with Crippen molar-refractivity contribution in [3.8, 4) is 11.5 Å². The molecule has 1 aliphatic rings. The van der Waals surface area contributed by atoms with E-state index in [1.54, 1.807) is 0 Å². The van der Waals surface area contributed by atoms with E-state index in [-0.39, 0.29) is 36.6 Å². The van der Waals surface area contributed by atoms with E-state index in [9.17, 15) is 26.4 Å². The summed E-state index contributed by atoms with van der Waals surface area (Å²) in [6.45, 7) is -0.188. The maximum atomic E-state index is 12.9. The van der Waals surface area contributed by atoms with Gasteiger partial charge in [-0.3, -0.25) is 4.79 Å². The number of ether oxygens (including phenoxy) is 2. The first kappa shape index (κ1) is 23.3. The normalized spacial score (nSPS) is 16.5. The van der Waals surface area contributed by atoms with Crippen molar-refractivity contribution in [2.45, 2.75) is 30.3 Å². The first-order chi connectivity index (χ1) is 13.5. The van der Waals surface area contributed by atoms with Gasteiger partial charge in [0.25, 0.3) is 0 Å². The van der Waals surface area contributed by atoms with Crippen LogP contribution in [0.25, 0.3) is 0 Å². The molecule has 7 nitrogen and oxygen atoms in total. The van der Waals surface area contributed by atoms with Gasteiger partial charge in [0.15, 0.2) is 11.5 Å². The highest BCUT2D eigenvalue weighted by atomic mass is 32.2. The van der Waals surface area contributed by atoms with Gasteiger partial charge in [0.05, 0.1) is 25.5 Å². The van der Waals surface area contributed by atoms with Crippen LogP contribution in [-0.2, 0) is 14.8 Å². The Morgan fingerprint density at radius 3 is 2.28 bits per heavy atom. The van der Waals surface area contributed by atoms with Crippen molar-refractivity contribution in [1.29, 1.82) is 0 Å². The minimum atomic E-state index is -4.33. The van der Waals surface area contributed by atoms with Crippen LogP contribution in [0.1, 0.15) is 19.3 Å². The van der Waals surface area contributed by atoms with Crippen LogP contribution in [0, 0.1) is 5.92 Å². The SMILES string of the molecule is COc1ccc(S(=O)(=O)N2CCC(C(=O)N(C)CCC(F)(F)F)CC2)cc1OC. The average molecular weight is 438 g/mol. The van der Waals surface area contributed by atoms with Gasteiger partial charge in [0.1, 0.15) is 0 Å². The number of carbonyl (C=O) groups excluding carboxylic acids is 1. The maximum absolute atomic E-state index is 12.9. The molecule has 0 aromatic heterocycles. The van der Waals surface area contributed by atoms with Gasteiger partial charge in [0, 0.05) is 38.7 Å². The molecule has 1 saturated heterocycles. The summed E-state index contributed by atoms with van der Waals surface area (Å²) in [6.07, 6.45) is -4.89. The Bertz CT molecular complexity index is 821. The van der Waals surface area contributed by atoms with Gasteiger partial charge >= 0.3 is 6.18 Å². The molecular formula is C18H25F3N2O5S. The topological polar surface area (TPSA) is 76.2 Å². The minimum absolute atomic E-state index is 0.0437. The quantitative estimate of drug-likeness (QED) is 0.654. The van der Waals surface area contributed by atoms with E-state index in [4.69, 9.17) is 9.47 Å². The van der Waals surface area contributed by atoms with E-state index < -0.39 is 41.0 Å². The van der Waals surface area contributed by atoms with Crippen molar-refractivity contribution < 1.29 is 35.9 Å². The zero-order chi connectivity index (χ0) is 21.8. The number of carbonyl (C=O) groups is 1. The second-order valence-electron chi connectivity index (χ2n) is 6.82. The van der Waals surface area contributed by atoms with Gasteiger partial charge in [-0.2, -0.15) is 17.5 Å². The Morgan fingerprint density at radius 2 is 1.76 bits per heavy atom. The highest BCUT2D eigenvalue weighted by Crippen LogP contribution is 2.32. The number of nitrogens with zero attached hydrogens (tertiary/aromatic N) is 2. The summed E-state index contributed by atoms with van der Waals surface area (Å²) < 4.78 is 74.3. The minimum Gasteiger partial charge on any atom is -0.493 e. The van der Waals surface area contributed by atoms with E-state index in [0.29, 0.717) is 5.75 Å². The third kappa shape index (κ3) is 5.75. The lowest BCUT2D eigenvalue weighted by Crippen LogP contribution is -2.44. The number of halogens is 3. The van der Waals surface area contributed by atoms with Crippen LogP contribution in [0.15, 0.2) is 23.1 Å². The van der Waals surface area contributed by atoms with Gasteiger partial charge in [-0.15, -0.1) is 0 Å². The Kier molecular flexibility index (Phi) is 7.39. The highest BCUT2D eigenvalue weighted by molar-refractivity contribution is 7.89. The first-order valence-electron chi connectivity index (χ1n) is 9.03. The predicted molar refractivity (Wildman–Crippen MR) is 99.3 cm³/mol. The number of hydrogen-bond acceptors (Lipinski definition) is 5. The number of sulfonamides is 1. The smallest absolute Gasteiger partial charge is 0.390 e. The molecule has 0 bridgehead atoms. The van der Waals surface area contributed by atoms with Gasteiger partial charge in [0.2, 0.25) is 15.9 Å². The summed E-state index contributed by atoms with van der Waals surface area (Å²) in [6, 6.07) is 4.28. The van der Waals surface area contributed by atoms with Crippen molar-refractivity contribution in [2.75, 3.05) is 40.9 Å². The number of rotatable bonds is 7. The standard InChI is InChI=1S/C18H25F3N2O5S/c1-22(11-8-18(19,20)21)17(24)13-6-9-23(10-7-13)29(25,26)14-4-5-15(27-2)16(12-14)28-3/h4-5,12-13H,6-11H2,1-3H3. The van der Waals surface area contributed by atoms with E-state index in [1.165, 1.54) is 43.8 Å². The molecule has 11 heteroatoms. The second kappa shape index (κ2) is 9.21. The lowest BCUT2D eigenvalue weighted by atomic mass is 9.96. The van der Waals surface area contributed by atoms with Crippen LogP contribution in [0.2, 0.25) is 0 Å². The molecule has 0 spiro atoms. The van der Waals surface area contributed by atoms with Crippen molar-refractivity contribution in [3.05, 3.63) is 18.2 Å². The number of alkyl halides is 3. The number of methoxy groups -OCH3 is 2. The molecule has 0 aliphatic carbocycles. The van der Waals surface area contributed by atoms with E-state index in [1.807, 2.05) is 0 Å². The molecule has 0 unspecified atom stereocenters. The molecule has 0 N–H and O–H groups in total. The van der Waals surface area contributed by atoms with Crippen molar-refractivity contribution in [3.63, 3.8) is 0 Å².